The fraction of sp³-hybridized carbons (Fsp3) is 0.125. The summed E-state index contributed by atoms with van der Waals surface area (Å²) in [4.78, 5) is 43.3. The highest BCUT2D eigenvalue weighted by Crippen LogP contribution is 2.06. The van der Waals surface area contributed by atoms with Gasteiger partial charge in [0.05, 0.1) is 18.4 Å². The quantitative estimate of drug-likeness (QED) is 0.494. The van der Waals surface area contributed by atoms with Crippen molar-refractivity contribution in [2.24, 2.45) is 0 Å². The van der Waals surface area contributed by atoms with E-state index in [1.807, 2.05) is 0 Å². The van der Waals surface area contributed by atoms with Crippen molar-refractivity contribution in [1.82, 2.24) is 10.5 Å². The Bertz CT molecular complexity index is 730. The highest BCUT2D eigenvalue weighted by atomic mass is 16.6. The summed E-state index contributed by atoms with van der Waals surface area (Å²) in [7, 11) is 1.26. The van der Waals surface area contributed by atoms with Crippen LogP contribution in [0.15, 0.2) is 42.5 Å². The number of hydrogen-bond donors (Lipinski definition) is 1. The fourth-order valence-electron chi connectivity index (χ4n) is 1.82. The van der Waals surface area contributed by atoms with E-state index in [1.54, 1.807) is 24.3 Å². The highest BCUT2D eigenvalue weighted by molar-refractivity contribution is 6.00. The molecule has 1 aromatic carbocycles. The number of rotatable bonds is 6. The molecule has 0 radical (unpaired) electrons. The van der Waals surface area contributed by atoms with E-state index in [2.05, 4.69) is 15.2 Å². The number of aromatic nitrogens is 1. The predicted molar refractivity (Wildman–Crippen MR) is 79.7 cm³/mol. The van der Waals surface area contributed by atoms with Gasteiger partial charge in [0.2, 0.25) is 0 Å². The van der Waals surface area contributed by atoms with Gasteiger partial charge in [0.1, 0.15) is 12.3 Å². The molecule has 118 valence electrons. The minimum absolute atomic E-state index is 0.0418. The summed E-state index contributed by atoms with van der Waals surface area (Å²) in [6, 6.07) is 11.1. The first kappa shape index (κ1) is 16.3. The van der Waals surface area contributed by atoms with Crippen molar-refractivity contribution in [1.29, 1.82) is 0 Å². The Hall–Kier alpha value is -3.06. The molecule has 1 amide bonds. The second-order valence-electron chi connectivity index (χ2n) is 4.43. The molecule has 0 aliphatic carbocycles. The lowest BCUT2D eigenvalue weighted by Gasteiger charge is -2.07. The maximum Gasteiger partial charge on any atom is 0.356 e. The zero-order chi connectivity index (χ0) is 16.7. The van der Waals surface area contributed by atoms with Crippen LogP contribution in [-0.2, 0) is 16.2 Å². The molecule has 0 bridgehead atoms. The van der Waals surface area contributed by atoms with Gasteiger partial charge in [-0.15, -0.1) is 0 Å². The van der Waals surface area contributed by atoms with E-state index in [0.29, 0.717) is 12.0 Å². The Morgan fingerprint density at radius 2 is 1.96 bits per heavy atom. The van der Waals surface area contributed by atoms with Crippen LogP contribution in [0.3, 0.4) is 0 Å². The third kappa shape index (κ3) is 4.21. The molecule has 0 aliphatic heterocycles. The van der Waals surface area contributed by atoms with Crippen molar-refractivity contribution in [3.8, 4) is 0 Å². The molecule has 0 unspecified atom stereocenters. The van der Waals surface area contributed by atoms with Gasteiger partial charge in [-0.05, 0) is 18.2 Å². The van der Waals surface area contributed by atoms with Gasteiger partial charge in [-0.1, -0.05) is 24.3 Å². The minimum Gasteiger partial charge on any atom is -0.464 e. The number of amides is 1. The number of benzene rings is 1. The maximum absolute atomic E-state index is 11.9. The molecule has 1 aromatic heterocycles. The molecule has 0 aliphatic rings. The van der Waals surface area contributed by atoms with Gasteiger partial charge in [-0.3, -0.25) is 14.4 Å². The lowest BCUT2D eigenvalue weighted by Crippen LogP contribution is -2.25. The monoisotopic (exact) mass is 314 g/mol. The summed E-state index contributed by atoms with van der Waals surface area (Å²) < 4.78 is 4.57. The Morgan fingerprint density at radius 3 is 2.70 bits per heavy atom. The molecule has 0 saturated heterocycles. The maximum atomic E-state index is 11.9. The molecule has 0 atom stereocenters. The molecule has 0 saturated carbocycles. The SMILES string of the molecule is COC(=O)c1cccc(CONC(=O)c2ccccc2C=O)n1. The van der Waals surface area contributed by atoms with Crippen molar-refractivity contribution in [3.05, 3.63) is 65.0 Å². The van der Waals surface area contributed by atoms with E-state index in [4.69, 9.17) is 4.84 Å². The number of aldehydes is 1. The number of ether oxygens (including phenoxy) is 1. The van der Waals surface area contributed by atoms with Crippen LogP contribution >= 0.6 is 0 Å². The first-order valence-electron chi connectivity index (χ1n) is 6.66. The number of carbonyl (C=O) groups excluding carboxylic acids is 3. The Balaban J connectivity index is 1.96. The van der Waals surface area contributed by atoms with Crippen molar-refractivity contribution in [2.75, 3.05) is 7.11 Å². The number of nitrogens with zero attached hydrogens (tertiary/aromatic N) is 1. The normalized spacial score (nSPS) is 9.96. The number of hydroxylamine groups is 1. The third-order valence-electron chi connectivity index (χ3n) is 2.92. The molecule has 0 fully saturated rings. The summed E-state index contributed by atoms with van der Waals surface area (Å²) in [6.45, 7) is -0.0418. The van der Waals surface area contributed by atoms with Crippen LogP contribution in [0.4, 0.5) is 0 Å². The summed E-state index contributed by atoms with van der Waals surface area (Å²) >= 11 is 0. The van der Waals surface area contributed by atoms with E-state index in [9.17, 15) is 14.4 Å². The van der Waals surface area contributed by atoms with Gasteiger partial charge < -0.3 is 4.74 Å². The largest absolute Gasteiger partial charge is 0.464 e. The van der Waals surface area contributed by atoms with Crippen molar-refractivity contribution >= 4 is 18.2 Å². The minimum atomic E-state index is -0.559. The number of nitrogens with one attached hydrogen (secondary N) is 1. The van der Waals surface area contributed by atoms with E-state index in [1.165, 1.54) is 25.3 Å². The third-order valence-corrected chi connectivity index (χ3v) is 2.92. The van der Waals surface area contributed by atoms with Crippen molar-refractivity contribution < 1.29 is 24.0 Å². The first-order chi connectivity index (χ1) is 11.2. The van der Waals surface area contributed by atoms with Gasteiger partial charge in [-0.2, -0.15) is 0 Å². The topological polar surface area (TPSA) is 94.6 Å². The second kappa shape index (κ2) is 7.81. The summed E-state index contributed by atoms with van der Waals surface area (Å²) in [5.41, 5.74) is 3.29. The average Bonchev–Trinajstić information content (AvgIpc) is 2.61. The molecule has 7 heteroatoms. The van der Waals surface area contributed by atoms with Crippen LogP contribution in [0.25, 0.3) is 0 Å². The molecule has 23 heavy (non-hydrogen) atoms. The molecular formula is C16H14N2O5. The van der Waals surface area contributed by atoms with E-state index >= 15 is 0 Å². The van der Waals surface area contributed by atoms with Crippen LogP contribution in [0.5, 0.6) is 0 Å². The van der Waals surface area contributed by atoms with Crippen molar-refractivity contribution in [2.45, 2.75) is 6.61 Å². The average molecular weight is 314 g/mol. The Labute approximate surface area is 132 Å². The predicted octanol–water partition coefficient (Wildman–Crippen LogP) is 1.54. The second-order valence-corrected chi connectivity index (χ2v) is 4.43. The van der Waals surface area contributed by atoms with Crippen LogP contribution in [0.1, 0.15) is 36.9 Å². The molecule has 2 aromatic rings. The zero-order valence-corrected chi connectivity index (χ0v) is 12.3. The van der Waals surface area contributed by atoms with E-state index < -0.39 is 11.9 Å². The summed E-state index contributed by atoms with van der Waals surface area (Å²) in [6.07, 6.45) is 0.594. The molecule has 2 rings (SSSR count). The number of pyridine rings is 1. The summed E-state index contributed by atoms with van der Waals surface area (Å²) in [5, 5.41) is 0. The molecule has 7 nitrogen and oxygen atoms in total. The van der Waals surface area contributed by atoms with Gasteiger partial charge >= 0.3 is 5.97 Å². The lowest BCUT2D eigenvalue weighted by molar-refractivity contribution is 0.0219. The molecular weight excluding hydrogens is 300 g/mol. The van der Waals surface area contributed by atoms with Crippen LogP contribution in [0, 0.1) is 0 Å². The highest BCUT2D eigenvalue weighted by Gasteiger charge is 2.11. The standard InChI is InChI=1S/C16H14N2O5/c1-22-16(21)14-8-4-6-12(17-14)10-23-18-15(20)13-7-3-2-5-11(13)9-19/h2-9H,10H2,1H3,(H,18,20). The van der Waals surface area contributed by atoms with E-state index in [-0.39, 0.29) is 23.4 Å². The smallest absolute Gasteiger partial charge is 0.356 e. The van der Waals surface area contributed by atoms with Crippen LogP contribution in [-0.4, -0.2) is 30.3 Å². The number of carbonyl (C=O) groups is 3. The molecule has 1 N–H and O–H groups in total. The van der Waals surface area contributed by atoms with Gasteiger partial charge in [-0.25, -0.2) is 15.3 Å². The Morgan fingerprint density at radius 1 is 1.17 bits per heavy atom. The van der Waals surface area contributed by atoms with E-state index in [0.717, 1.165) is 0 Å². The number of hydrogen-bond acceptors (Lipinski definition) is 6. The molecule has 0 spiro atoms. The Kier molecular flexibility index (Phi) is 5.54. The zero-order valence-electron chi connectivity index (χ0n) is 12.3. The lowest BCUT2D eigenvalue weighted by atomic mass is 10.1. The van der Waals surface area contributed by atoms with Gasteiger partial charge in [0, 0.05) is 5.56 Å². The number of esters is 1. The van der Waals surface area contributed by atoms with Crippen molar-refractivity contribution in [3.63, 3.8) is 0 Å². The van der Waals surface area contributed by atoms with Crippen LogP contribution in [0.2, 0.25) is 0 Å². The van der Waals surface area contributed by atoms with Crippen LogP contribution < -0.4 is 5.48 Å². The van der Waals surface area contributed by atoms with Gasteiger partial charge in [0.25, 0.3) is 5.91 Å². The van der Waals surface area contributed by atoms with Gasteiger partial charge in [0.15, 0.2) is 6.29 Å². The summed E-state index contributed by atoms with van der Waals surface area (Å²) in [5.74, 6) is -1.10. The number of methoxy groups -OCH3 is 1. The first-order valence-corrected chi connectivity index (χ1v) is 6.66. The fourth-order valence-corrected chi connectivity index (χ4v) is 1.82. The molecule has 1 heterocycles.